The number of aryl methyl sites for hydroxylation is 1. The van der Waals surface area contributed by atoms with Gasteiger partial charge >= 0.3 is 0 Å². The van der Waals surface area contributed by atoms with E-state index >= 15 is 0 Å². The number of hydrogen-bond donors (Lipinski definition) is 0. The molecule has 3 rings (SSSR count). The number of carbonyl (C=O) groups is 1. The average molecular weight is 311 g/mol. The Morgan fingerprint density at radius 1 is 1.30 bits per heavy atom. The van der Waals surface area contributed by atoms with E-state index in [4.69, 9.17) is 0 Å². The van der Waals surface area contributed by atoms with Crippen molar-refractivity contribution in [3.8, 4) is 0 Å². The molecular weight excluding hydrogens is 286 g/mol. The van der Waals surface area contributed by atoms with E-state index in [2.05, 4.69) is 23.4 Å². The second kappa shape index (κ2) is 6.57. The van der Waals surface area contributed by atoms with Gasteiger partial charge in [-0.15, -0.1) is 0 Å². The number of hydrogen-bond acceptors (Lipinski definition) is 2. The summed E-state index contributed by atoms with van der Waals surface area (Å²) in [5.74, 6) is 0.146. The number of pyridine rings is 1. The van der Waals surface area contributed by atoms with Crippen LogP contribution in [-0.2, 0) is 6.54 Å². The number of aromatic nitrogens is 2. The standard InChI is InChI=1S/C19H25N3O/c1-4-21-14(2)13-16(15(21)3)19(23)22-12-8-6-10-18(22)17-9-5-7-11-20-17/h5,7,9,11,13,18H,4,6,8,10,12H2,1-3H3/t18-/m1/s1. The van der Waals surface area contributed by atoms with E-state index in [9.17, 15) is 4.79 Å². The summed E-state index contributed by atoms with van der Waals surface area (Å²) in [6.45, 7) is 7.94. The van der Waals surface area contributed by atoms with Gasteiger partial charge in [0.25, 0.3) is 5.91 Å². The molecule has 1 fully saturated rings. The van der Waals surface area contributed by atoms with E-state index in [0.717, 1.165) is 55.0 Å². The first-order chi connectivity index (χ1) is 11.1. The number of rotatable bonds is 3. The lowest BCUT2D eigenvalue weighted by Crippen LogP contribution is -2.39. The molecule has 0 aromatic carbocycles. The Morgan fingerprint density at radius 2 is 2.13 bits per heavy atom. The Balaban J connectivity index is 1.93. The molecule has 0 aliphatic carbocycles. The van der Waals surface area contributed by atoms with Crippen LogP contribution in [0.2, 0.25) is 0 Å². The van der Waals surface area contributed by atoms with Crippen LogP contribution in [0.5, 0.6) is 0 Å². The van der Waals surface area contributed by atoms with Crippen LogP contribution < -0.4 is 0 Å². The molecule has 1 atom stereocenters. The van der Waals surface area contributed by atoms with Gasteiger partial charge in [0.15, 0.2) is 0 Å². The average Bonchev–Trinajstić information content (AvgIpc) is 2.89. The maximum absolute atomic E-state index is 13.2. The molecule has 3 heterocycles. The zero-order valence-corrected chi connectivity index (χ0v) is 14.2. The first-order valence-electron chi connectivity index (χ1n) is 8.52. The highest BCUT2D eigenvalue weighted by molar-refractivity contribution is 5.96. The molecule has 4 nitrogen and oxygen atoms in total. The molecule has 0 unspecified atom stereocenters. The molecule has 1 aliphatic rings. The van der Waals surface area contributed by atoms with Gasteiger partial charge in [0.1, 0.15) is 0 Å². The summed E-state index contributed by atoms with van der Waals surface area (Å²) in [6.07, 6.45) is 5.03. The van der Waals surface area contributed by atoms with E-state index in [1.54, 1.807) is 0 Å². The van der Waals surface area contributed by atoms with Crippen LogP contribution in [0.3, 0.4) is 0 Å². The number of likely N-dealkylation sites (tertiary alicyclic amines) is 1. The van der Waals surface area contributed by atoms with Crippen LogP contribution in [0, 0.1) is 13.8 Å². The number of nitrogens with zero attached hydrogens (tertiary/aromatic N) is 3. The lowest BCUT2D eigenvalue weighted by atomic mass is 9.97. The Labute approximate surface area is 138 Å². The zero-order chi connectivity index (χ0) is 16.4. The summed E-state index contributed by atoms with van der Waals surface area (Å²) in [7, 11) is 0. The molecule has 1 aliphatic heterocycles. The lowest BCUT2D eigenvalue weighted by molar-refractivity contribution is 0.0605. The molecule has 4 heteroatoms. The van der Waals surface area contributed by atoms with Gasteiger partial charge in [-0.25, -0.2) is 0 Å². The molecular formula is C19H25N3O. The van der Waals surface area contributed by atoms with Gasteiger partial charge in [-0.2, -0.15) is 0 Å². The van der Waals surface area contributed by atoms with Gasteiger partial charge in [0.2, 0.25) is 0 Å². The minimum absolute atomic E-state index is 0.0992. The van der Waals surface area contributed by atoms with E-state index < -0.39 is 0 Å². The van der Waals surface area contributed by atoms with Crippen molar-refractivity contribution < 1.29 is 4.79 Å². The largest absolute Gasteiger partial charge is 0.349 e. The SMILES string of the molecule is CCn1c(C)cc(C(=O)N2CCCC[C@@H]2c2ccccn2)c1C. The predicted molar refractivity (Wildman–Crippen MR) is 91.4 cm³/mol. The van der Waals surface area contributed by atoms with Crippen LogP contribution in [0.25, 0.3) is 0 Å². The molecule has 2 aromatic heterocycles. The van der Waals surface area contributed by atoms with Crippen molar-refractivity contribution in [3.63, 3.8) is 0 Å². The predicted octanol–water partition coefficient (Wildman–Crippen LogP) is 3.89. The molecule has 0 saturated carbocycles. The van der Waals surface area contributed by atoms with E-state index in [0.29, 0.717) is 0 Å². The van der Waals surface area contributed by atoms with E-state index in [-0.39, 0.29) is 11.9 Å². The second-order valence-corrected chi connectivity index (χ2v) is 6.29. The van der Waals surface area contributed by atoms with Gasteiger partial charge in [-0.1, -0.05) is 6.07 Å². The molecule has 23 heavy (non-hydrogen) atoms. The minimum atomic E-state index is 0.0992. The van der Waals surface area contributed by atoms with Crippen LogP contribution in [0.1, 0.15) is 59.7 Å². The molecule has 1 amide bonds. The van der Waals surface area contributed by atoms with Crippen molar-refractivity contribution in [1.82, 2.24) is 14.5 Å². The van der Waals surface area contributed by atoms with Crippen molar-refractivity contribution in [2.45, 2.75) is 52.6 Å². The molecule has 0 spiro atoms. The van der Waals surface area contributed by atoms with Gasteiger partial charge in [0.05, 0.1) is 17.3 Å². The summed E-state index contributed by atoms with van der Waals surface area (Å²) in [5, 5.41) is 0. The Hall–Kier alpha value is -2.10. The summed E-state index contributed by atoms with van der Waals surface area (Å²) in [6, 6.07) is 8.09. The fourth-order valence-corrected chi connectivity index (χ4v) is 3.71. The highest BCUT2D eigenvalue weighted by Gasteiger charge is 2.31. The maximum atomic E-state index is 13.2. The Kier molecular flexibility index (Phi) is 4.51. The van der Waals surface area contributed by atoms with Crippen LogP contribution >= 0.6 is 0 Å². The highest BCUT2D eigenvalue weighted by atomic mass is 16.2. The lowest BCUT2D eigenvalue weighted by Gasteiger charge is -2.35. The molecule has 0 radical (unpaired) electrons. The monoisotopic (exact) mass is 311 g/mol. The summed E-state index contributed by atoms with van der Waals surface area (Å²) in [4.78, 5) is 19.7. The smallest absolute Gasteiger partial charge is 0.256 e. The van der Waals surface area contributed by atoms with E-state index in [1.807, 2.05) is 42.3 Å². The first-order valence-corrected chi connectivity index (χ1v) is 8.52. The minimum Gasteiger partial charge on any atom is -0.349 e. The first kappa shape index (κ1) is 15.8. The third-order valence-electron chi connectivity index (χ3n) is 4.91. The summed E-state index contributed by atoms with van der Waals surface area (Å²) >= 11 is 0. The third kappa shape index (κ3) is 2.90. The summed E-state index contributed by atoms with van der Waals surface area (Å²) < 4.78 is 2.20. The fourth-order valence-electron chi connectivity index (χ4n) is 3.71. The molecule has 0 bridgehead atoms. The van der Waals surface area contributed by atoms with Crippen LogP contribution in [0.4, 0.5) is 0 Å². The van der Waals surface area contributed by atoms with Crippen LogP contribution in [-0.4, -0.2) is 26.9 Å². The van der Waals surface area contributed by atoms with Crippen LogP contribution in [0.15, 0.2) is 30.5 Å². The highest BCUT2D eigenvalue weighted by Crippen LogP contribution is 2.31. The maximum Gasteiger partial charge on any atom is 0.256 e. The van der Waals surface area contributed by atoms with E-state index in [1.165, 1.54) is 0 Å². The number of amides is 1. The van der Waals surface area contributed by atoms with Gasteiger partial charge in [-0.3, -0.25) is 9.78 Å². The summed E-state index contributed by atoms with van der Waals surface area (Å²) in [5.41, 5.74) is 4.07. The quantitative estimate of drug-likeness (QED) is 0.862. The van der Waals surface area contributed by atoms with Gasteiger partial charge < -0.3 is 9.47 Å². The third-order valence-corrected chi connectivity index (χ3v) is 4.91. The molecule has 122 valence electrons. The fraction of sp³-hybridized carbons (Fsp3) is 0.474. The van der Waals surface area contributed by atoms with Gasteiger partial charge in [-0.05, 0) is 58.2 Å². The van der Waals surface area contributed by atoms with Crippen molar-refractivity contribution >= 4 is 5.91 Å². The molecule has 1 saturated heterocycles. The zero-order valence-electron chi connectivity index (χ0n) is 14.2. The van der Waals surface area contributed by atoms with Gasteiger partial charge in [0, 0.05) is 30.7 Å². The Bertz CT molecular complexity index is 690. The molecule has 0 N–H and O–H groups in total. The van der Waals surface area contributed by atoms with Crippen molar-refractivity contribution in [1.29, 1.82) is 0 Å². The van der Waals surface area contributed by atoms with Crippen molar-refractivity contribution in [2.24, 2.45) is 0 Å². The topological polar surface area (TPSA) is 38.1 Å². The number of carbonyl (C=O) groups excluding carboxylic acids is 1. The molecule has 2 aromatic rings. The number of piperidine rings is 1. The second-order valence-electron chi connectivity index (χ2n) is 6.29. The van der Waals surface area contributed by atoms with Crippen molar-refractivity contribution in [3.05, 3.63) is 53.1 Å². The van der Waals surface area contributed by atoms with Crippen molar-refractivity contribution in [2.75, 3.05) is 6.54 Å². The Morgan fingerprint density at radius 3 is 2.78 bits per heavy atom. The normalized spacial score (nSPS) is 18.2.